The third-order valence-corrected chi connectivity index (χ3v) is 4.30. The van der Waals surface area contributed by atoms with Gasteiger partial charge in [0.2, 0.25) is 0 Å². The molecule has 1 saturated heterocycles. The lowest BCUT2D eigenvalue weighted by Crippen LogP contribution is -2.56. The first kappa shape index (κ1) is 19.9. The van der Waals surface area contributed by atoms with Gasteiger partial charge in [-0.1, -0.05) is 18.7 Å². The lowest BCUT2D eigenvalue weighted by atomic mass is 10.0. The van der Waals surface area contributed by atoms with E-state index in [1.807, 2.05) is 27.7 Å². The van der Waals surface area contributed by atoms with Crippen LogP contribution in [0.15, 0.2) is 18.7 Å². The zero-order valence-corrected chi connectivity index (χ0v) is 16.1. The maximum Gasteiger partial charge on any atom is 0.410 e. The number of amides is 2. The Morgan fingerprint density at radius 3 is 2.46 bits per heavy atom. The van der Waals surface area contributed by atoms with Gasteiger partial charge >= 0.3 is 6.09 Å². The molecule has 2 amide bonds. The second-order valence-corrected chi connectivity index (χ2v) is 7.67. The summed E-state index contributed by atoms with van der Waals surface area (Å²) in [6.45, 7) is 13.7. The predicted octanol–water partition coefficient (Wildman–Crippen LogP) is 3.86. The van der Waals surface area contributed by atoms with Crippen molar-refractivity contribution in [2.24, 2.45) is 0 Å². The van der Waals surface area contributed by atoms with Crippen molar-refractivity contribution in [2.75, 3.05) is 19.6 Å². The molecule has 0 unspecified atom stereocenters. The topological polar surface area (TPSA) is 49.9 Å². The van der Waals surface area contributed by atoms with Gasteiger partial charge in [0.15, 0.2) is 0 Å². The summed E-state index contributed by atoms with van der Waals surface area (Å²) in [5, 5.41) is 0. The van der Waals surface area contributed by atoms with Gasteiger partial charge in [0.25, 0.3) is 5.91 Å². The molecule has 0 radical (unpaired) electrons. The summed E-state index contributed by atoms with van der Waals surface area (Å²) in [7, 11) is 0. The van der Waals surface area contributed by atoms with Crippen LogP contribution >= 0.6 is 0 Å². The van der Waals surface area contributed by atoms with Crippen molar-refractivity contribution in [2.45, 2.75) is 46.3 Å². The molecule has 0 spiro atoms. The monoisotopic (exact) mass is 362 g/mol. The number of halogens is 1. The molecule has 1 aliphatic rings. The summed E-state index contributed by atoms with van der Waals surface area (Å²) in [6, 6.07) is 2.84. The third kappa shape index (κ3) is 4.42. The molecule has 1 aromatic rings. The molecule has 1 fully saturated rings. The number of carbonyl (C=O) groups is 2. The van der Waals surface area contributed by atoms with Crippen LogP contribution in [0.4, 0.5) is 9.18 Å². The molecule has 0 bridgehead atoms. The van der Waals surface area contributed by atoms with E-state index in [2.05, 4.69) is 6.58 Å². The predicted molar refractivity (Wildman–Crippen MR) is 99.5 cm³/mol. The van der Waals surface area contributed by atoms with E-state index in [0.717, 1.165) is 0 Å². The summed E-state index contributed by atoms with van der Waals surface area (Å²) >= 11 is 0. The van der Waals surface area contributed by atoms with Crippen LogP contribution in [0.5, 0.6) is 0 Å². The number of benzene rings is 1. The fourth-order valence-electron chi connectivity index (χ4n) is 3.05. The fraction of sp³-hybridized carbons (Fsp3) is 0.500. The SMILES string of the molecule is C=Cc1cc(C)c(C(=O)N2CCN(C(=O)OC(C)(C)C)[C@H](C)C2)c(F)c1. The van der Waals surface area contributed by atoms with Crippen molar-refractivity contribution in [1.29, 1.82) is 0 Å². The van der Waals surface area contributed by atoms with Gasteiger partial charge in [-0.05, 0) is 51.8 Å². The van der Waals surface area contributed by atoms with E-state index in [0.29, 0.717) is 30.8 Å². The Morgan fingerprint density at radius 1 is 1.31 bits per heavy atom. The first-order valence-electron chi connectivity index (χ1n) is 8.75. The molecule has 1 heterocycles. The molecule has 1 aliphatic heterocycles. The number of aryl methyl sites for hydroxylation is 1. The average molecular weight is 362 g/mol. The zero-order chi connectivity index (χ0) is 19.6. The highest BCUT2D eigenvalue weighted by Gasteiger charge is 2.33. The van der Waals surface area contributed by atoms with Gasteiger partial charge in [0.1, 0.15) is 11.4 Å². The molecular weight excluding hydrogens is 335 g/mol. The number of rotatable bonds is 2. The second-order valence-electron chi connectivity index (χ2n) is 7.67. The van der Waals surface area contributed by atoms with Crippen LogP contribution in [0.25, 0.3) is 6.08 Å². The van der Waals surface area contributed by atoms with E-state index in [4.69, 9.17) is 4.74 Å². The van der Waals surface area contributed by atoms with Gasteiger partial charge in [-0.15, -0.1) is 0 Å². The van der Waals surface area contributed by atoms with Gasteiger partial charge in [-0.3, -0.25) is 4.79 Å². The average Bonchev–Trinajstić information content (AvgIpc) is 2.51. The van der Waals surface area contributed by atoms with Crippen LogP contribution in [0.1, 0.15) is 49.2 Å². The highest BCUT2D eigenvalue weighted by atomic mass is 19.1. The number of hydrogen-bond donors (Lipinski definition) is 0. The molecule has 1 atom stereocenters. The van der Waals surface area contributed by atoms with Crippen molar-refractivity contribution in [1.82, 2.24) is 9.80 Å². The molecule has 0 N–H and O–H groups in total. The molecule has 26 heavy (non-hydrogen) atoms. The van der Waals surface area contributed by atoms with Gasteiger partial charge in [-0.25, -0.2) is 9.18 Å². The highest BCUT2D eigenvalue weighted by molar-refractivity contribution is 5.96. The second kappa shape index (κ2) is 7.48. The number of hydrogen-bond acceptors (Lipinski definition) is 3. The third-order valence-electron chi connectivity index (χ3n) is 4.30. The van der Waals surface area contributed by atoms with Crippen LogP contribution in [0.2, 0.25) is 0 Å². The Labute approximate surface area is 154 Å². The molecule has 6 heteroatoms. The number of piperazine rings is 1. The Balaban J connectivity index is 2.13. The quantitative estimate of drug-likeness (QED) is 0.803. The first-order chi connectivity index (χ1) is 12.0. The van der Waals surface area contributed by atoms with Crippen molar-refractivity contribution >= 4 is 18.1 Å². The Morgan fingerprint density at radius 2 is 1.96 bits per heavy atom. The van der Waals surface area contributed by atoms with Gasteiger partial charge in [0, 0.05) is 25.7 Å². The lowest BCUT2D eigenvalue weighted by molar-refractivity contribution is 0.00189. The summed E-state index contributed by atoms with van der Waals surface area (Å²) < 4.78 is 19.8. The standard InChI is InChI=1S/C20H27FN2O3/c1-7-15-10-13(2)17(16(21)11-15)18(24)22-8-9-23(14(3)12-22)19(25)26-20(4,5)6/h7,10-11,14H,1,8-9,12H2,2-6H3/t14-/m1/s1. The van der Waals surface area contributed by atoms with Crippen LogP contribution in [-0.4, -0.2) is 53.1 Å². The Bertz CT molecular complexity index is 701. The van der Waals surface area contributed by atoms with E-state index in [9.17, 15) is 14.0 Å². The van der Waals surface area contributed by atoms with E-state index in [1.54, 1.807) is 28.9 Å². The summed E-state index contributed by atoms with van der Waals surface area (Å²) in [5.74, 6) is -0.904. The van der Waals surface area contributed by atoms with Gasteiger partial charge in [-0.2, -0.15) is 0 Å². The van der Waals surface area contributed by atoms with E-state index >= 15 is 0 Å². The molecule has 2 rings (SSSR count). The molecule has 0 aromatic heterocycles. The Kier molecular flexibility index (Phi) is 5.74. The normalized spacial score (nSPS) is 17.8. The van der Waals surface area contributed by atoms with Crippen molar-refractivity contribution < 1.29 is 18.7 Å². The smallest absolute Gasteiger partial charge is 0.410 e. The van der Waals surface area contributed by atoms with Crippen LogP contribution in [0, 0.1) is 12.7 Å². The van der Waals surface area contributed by atoms with Crippen molar-refractivity contribution in [3.05, 3.63) is 41.2 Å². The molecule has 142 valence electrons. The van der Waals surface area contributed by atoms with E-state index in [1.165, 1.54) is 6.07 Å². The molecule has 1 aromatic carbocycles. The minimum Gasteiger partial charge on any atom is -0.444 e. The summed E-state index contributed by atoms with van der Waals surface area (Å²) in [4.78, 5) is 28.3. The highest BCUT2D eigenvalue weighted by Crippen LogP contribution is 2.22. The first-order valence-corrected chi connectivity index (χ1v) is 8.75. The van der Waals surface area contributed by atoms with Crippen LogP contribution < -0.4 is 0 Å². The van der Waals surface area contributed by atoms with Gasteiger partial charge in [0.05, 0.1) is 5.56 Å². The number of carbonyl (C=O) groups excluding carboxylic acids is 2. The fourth-order valence-corrected chi connectivity index (χ4v) is 3.05. The summed E-state index contributed by atoms with van der Waals surface area (Å²) in [5.41, 5.74) is 0.719. The molecular formula is C20H27FN2O3. The maximum atomic E-state index is 14.4. The van der Waals surface area contributed by atoms with E-state index < -0.39 is 17.5 Å². The van der Waals surface area contributed by atoms with Crippen LogP contribution in [-0.2, 0) is 4.74 Å². The van der Waals surface area contributed by atoms with Crippen LogP contribution in [0.3, 0.4) is 0 Å². The Hall–Kier alpha value is -2.37. The number of ether oxygens (including phenoxy) is 1. The van der Waals surface area contributed by atoms with Crippen molar-refractivity contribution in [3.8, 4) is 0 Å². The largest absolute Gasteiger partial charge is 0.444 e. The summed E-state index contributed by atoms with van der Waals surface area (Å²) in [6.07, 6.45) is 1.15. The van der Waals surface area contributed by atoms with Gasteiger partial charge < -0.3 is 14.5 Å². The lowest BCUT2D eigenvalue weighted by Gasteiger charge is -2.40. The van der Waals surface area contributed by atoms with Crippen molar-refractivity contribution in [3.63, 3.8) is 0 Å². The maximum absolute atomic E-state index is 14.4. The van der Waals surface area contributed by atoms with E-state index in [-0.39, 0.29) is 17.5 Å². The minimum absolute atomic E-state index is 0.0773. The number of nitrogens with zero attached hydrogens (tertiary/aromatic N) is 2. The minimum atomic E-state index is -0.573. The zero-order valence-electron chi connectivity index (χ0n) is 16.1. The molecule has 0 aliphatic carbocycles. The molecule has 0 saturated carbocycles. The molecule has 5 nitrogen and oxygen atoms in total.